The maximum atomic E-state index is 4.47. The molecule has 2 atom stereocenters. The van der Waals surface area contributed by atoms with Crippen molar-refractivity contribution in [1.29, 1.82) is 0 Å². The molecule has 0 spiro atoms. The first-order valence-corrected chi connectivity index (χ1v) is 8.35. The van der Waals surface area contributed by atoms with Gasteiger partial charge in [0.15, 0.2) is 5.16 Å². The second-order valence-corrected chi connectivity index (χ2v) is 7.48. The molecule has 0 amide bonds. The largest absolute Gasteiger partial charge is 0.317 e. The van der Waals surface area contributed by atoms with E-state index in [1.807, 2.05) is 18.8 Å². The third-order valence-corrected chi connectivity index (χ3v) is 5.11. The molecule has 0 saturated heterocycles. The summed E-state index contributed by atoms with van der Waals surface area (Å²) in [6.07, 6.45) is 6.40. The van der Waals surface area contributed by atoms with Crippen LogP contribution in [0.3, 0.4) is 0 Å². The molecule has 0 bridgehead atoms. The Morgan fingerprint density at radius 1 is 1.26 bits per heavy atom. The van der Waals surface area contributed by atoms with E-state index in [-0.39, 0.29) is 0 Å². The Morgan fingerprint density at radius 2 is 2.00 bits per heavy atom. The molecule has 3 rings (SSSR count). The van der Waals surface area contributed by atoms with E-state index in [1.165, 1.54) is 31.5 Å². The predicted octanol–water partition coefficient (Wildman–Crippen LogP) is 2.97. The van der Waals surface area contributed by atoms with Crippen molar-refractivity contribution in [3.05, 3.63) is 5.82 Å². The zero-order chi connectivity index (χ0) is 13.4. The number of nitrogens with zero attached hydrogens (tertiary/aromatic N) is 3. The first-order chi connectivity index (χ1) is 9.19. The van der Waals surface area contributed by atoms with Crippen LogP contribution in [0.15, 0.2) is 5.16 Å². The SMILES string of the molecule is CNC(C)CC(C)Sc1nnc(C2CC2)n1C1CC1. The van der Waals surface area contributed by atoms with Gasteiger partial charge in [-0.1, -0.05) is 18.7 Å². The van der Waals surface area contributed by atoms with Crippen LogP contribution in [0, 0.1) is 0 Å². The number of hydrogen-bond donors (Lipinski definition) is 1. The average molecular weight is 280 g/mol. The van der Waals surface area contributed by atoms with Crippen LogP contribution in [-0.4, -0.2) is 33.1 Å². The summed E-state index contributed by atoms with van der Waals surface area (Å²) in [5, 5.41) is 14.0. The Kier molecular flexibility index (Phi) is 3.85. The van der Waals surface area contributed by atoms with E-state index >= 15 is 0 Å². The van der Waals surface area contributed by atoms with Crippen molar-refractivity contribution in [1.82, 2.24) is 20.1 Å². The van der Waals surface area contributed by atoms with Crippen LogP contribution in [0.2, 0.25) is 0 Å². The molecule has 0 radical (unpaired) electrons. The fourth-order valence-electron chi connectivity index (χ4n) is 2.51. The molecular weight excluding hydrogens is 256 g/mol. The number of thioether (sulfide) groups is 1. The standard InChI is InChI=1S/C14H24N4S/c1-9(15-3)8-10(2)19-14-17-16-13(11-4-5-11)18(14)12-6-7-12/h9-12,15H,4-8H2,1-3H3. The van der Waals surface area contributed by atoms with Gasteiger partial charge in [0.25, 0.3) is 0 Å². The van der Waals surface area contributed by atoms with Crippen LogP contribution < -0.4 is 5.32 Å². The molecular formula is C14H24N4S. The van der Waals surface area contributed by atoms with Crippen molar-refractivity contribution >= 4 is 11.8 Å². The van der Waals surface area contributed by atoms with Crippen molar-refractivity contribution in [2.45, 2.75) is 74.4 Å². The van der Waals surface area contributed by atoms with Gasteiger partial charge in [0.1, 0.15) is 5.82 Å². The van der Waals surface area contributed by atoms with Crippen molar-refractivity contribution in [2.75, 3.05) is 7.05 Å². The molecule has 1 aromatic heterocycles. The van der Waals surface area contributed by atoms with Gasteiger partial charge in [-0.15, -0.1) is 10.2 Å². The average Bonchev–Trinajstić information content (AvgIpc) is 3.28. The lowest BCUT2D eigenvalue weighted by Gasteiger charge is -2.16. The van der Waals surface area contributed by atoms with Crippen molar-refractivity contribution in [2.24, 2.45) is 0 Å². The summed E-state index contributed by atoms with van der Waals surface area (Å²) >= 11 is 1.90. The molecule has 2 aliphatic carbocycles. The zero-order valence-corrected chi connectivity index (χ0v) is 12.9. The first kappa shape index (κ1) is 13.4. The van der Waals surface area contributed by atoms with Crippen molar-refractivity contribution in [3.63, 3.8) is 0 Å². The summed E-state index contributed by atoms with van der Waals surface area (Å²) in [5.41, 5.74) is 0. The second-order valence-electron chi connectivity index (χ2n) is 6.07. The van der Waals surface area contributed by atoms with Gasteiger partial charge in [-0.2, -0.15) is 0 Å². The Bertz CT molecular complexity index is 437. The normalized spacial score (nSPS) is 22.5. The summed E-state index contributed by atoms with van der Waals surface area (Å²) in [7, 11) is 2.03. The Balaban J connectivity index is 1.70. The molecule has 1 N–H and O–H groups in total. The maximum Gasteiger partial charge on any atom is 0.191 e. The number of nitrogens with one attached hydrogen (secondary N) is 1. The number of hydrogen-bond acceptors (Lipinski definition) is 4. The molecule has 2 unspecified atom stereocenters. The van der Waals surface area contributed by atoms with Crippen LogP contribution in [0.4, 0.5) is 0 Å². The highest BCUT2D eigenvalue weighted by molar-refractivity contribution is 7.99. The van der Waals surface area contributed by atoms with E-state index in [0.717, 1.165) is 11.6 Å². The summed E-state index contributed by atoms with van der Waals surface area (Å²) in [5.74, 6) is 1.97. The van der Waals surface area contributed by atoms with Gasteiger partial charge in [-0.05, 0) is 46.1 Å². The quantitative estimate of drug-likeness (QED) is 0.780. The van der Waals surface area contributed by atoms with Crippen LogP contribution in [0.1, 0.15) is 63.7 Å². The van der Waals surface area contributed by atoms with Crippen LogP contribution in [-0.2, 0) is 0 Å². The molecule has 0 aromatic carbocycles. The topological polar surface area (TPSA) is 42.7 Å². The molecule has 2 fully saturated rings. The minimum absolute atomic E-state index is 0.558. The maximum absolute atomic E-state index is 4.47. The summed E-state index contributed by atoms with van der Waals surface area (Å²) in [6, 6.07) is 1.25. The second kappa shape index (κ2) is 5.44. The summed E-state index contributed by atoms with van der Waals surface area (Å²) in [4.78, 5) is 0. The smallest absolute Gasteiger partial charge is 0.191 e. The number of rotatable bonds is 7. The highest BCUT2D eigenvalue weighted by Gasteiger charge is 2.36. The molecule has 4 nitrogen and oxygen atoms in total. The van der Waals surface area contributed by atoms with Gasteiger partial charge >= 0.3 is 0 Å². The van der Waals surface area contributed by atoms with Gasteiger partial charge in [-0.3, -0.25) is 0 Å². The Labute approximate surface area is 119 Å². The molecule has 1 aromatic rings. The Morgan fingerprint density at radius 3 is 2.58 bits per heavy atom. The zero-order valence-electron chi connectivity index (χ0n) is 12.1. The van der Waals surface area contributed by atoms with Crippen LogP contribution in [0.5, 0.6) is 0 Å². The van der Waals surface area contributed by atoms with E-state index in [0.29, 0.717) is 23.3 Å². The van der Waals surface area contributed by atoms with Crippen LogP contribution >= 0.6 is 11.8 Å². The molecule has 0 aliphatic heterocycles. The van der Waals surface area contributed by atoms with E-state index in [9.17, 15) is 0 Å². The Hall–Kier alpha value is -0.550. The summed E-state index contributed by atoms with van der Waals surface area (Å²) in [6.45, 7) is 4.53. The lowest BCUT2D eigenvalue weighted by molar-refractivity contribution is 0.561. The molecule has 2 aliphatic rings. The predicted molar refractivity (Wildman–Crippen MR) is 78.7 cm³/mol. The third-order valence-electron chi connectivity index (χ3n) is 4.03. The summed E-state index contributed by atoms with van der Waals surface area (Å²) < 4.78 is 2.45. The molecule has 19 heavy (non-hydrogen) atoms. The highest BCUT2D eigenvalue weighted by atomic mass is 32.2. The van der Waals surface area contributed by atoms with Gasteiger partial charge in [-0.25, -0.2) is 0 Å². The van der Waals surface area contributed by atoms with Gasteiger partial charge in [0.05, 0.1) is 0 Å². The molecule has 106 valence electrons. The van der Waals surface area contributed by atoms with Crippen molar-refractivity contribution in [3.8, 4) is 0 Å². The van der Waals surface area contributed by atoms with Crippen molar-refractivity contribution < 1.29 is 0 Å². The van der Waals surface area contributed by atoms with E-state index < -0.39 is 0 Å². The molecule has 2 saturated carbocycles. The fourth-order valence-corrected chi connectivity index (χ4v) is 3.70. The first-order valence-electron chi connectivity index (χ1n) is 7.47. The van der Waals surface area contributed by atoms with E-state index in [4.69, 9.17) is 0 Å². The minimum atomic E-state index is 0.558. The lowest BCUT2D eigenvalue weighted by Crippen LogP contribution is -2.24. The molecule has 5 heteroatoms. The fraction of sp³-hybridized carbons (Fsp3) is 0.857. The highest BCUT2D eigenvalue weighted by Crippen LogP contribution is 2.46. The van der Waals surface area contributed by atoms with Gasteiger partial charge in [0, 0.05) is 23.3 Å². The van der Waals surface area contributed by atoms with Gasteiger partial charge in [0.2, 0.25) is 0 Å². The van der Waals surface area contributed by atoms with E-state index in [2.05, 4.69) is 33.9 Å². The minimum Gasteiger partial charge on any atom is -0.317 e. The molecule has 1 heterocycles. The van der Waals surface area contributed by atoms with Gasteiger partial charge < -0.3 is 9.88 Å². The number of aromatic nitrogens is 3. The van der Waals surface area contributed by atoms with E-state index in [1.54, 1.807) is 0 Å². The lowest BCUT2D eigenvalue weighted by atomic mass is 10.2. The monoisotopic (exact) mass is 280 g/mol. The third kappa shape index (κ3) is 3.14. The van der Waals surface area contributed by atoms with Crippen LogP contribution in [0.25, 0.3) is 0 Å².